The van der Waals surface area contributed by atoms with Crippen molar-refractivity contribution in [2.75, 3.05) is 39.5 Å². The molecule has 1 fully saturated rings. The molecule has 146 valence electrons. The third-order valence-electron chi connectivity index (χ3n) is 4.48. The number of aryl methyl sites for hydroxylation is 1. The van der Waals surface area contributed by atoms with Crippen LogP contribution in [0.15, 0.2) is 24.3 Å². The molecule has 1 atom stereocenters. The first-order chi connectivity index (χ1) is 12.3. The summed E-state index contributed by atoms with van der Waals surface area (Å²) in [5.41, 5.74) is 2.53. The third kappa shape index (κ3) is 5.97. The average molecular weight is 400 g/mol. The van der Waals surface area contributed by atoms with Crippen molar-refractivity contribution in [1.82, 2.24) is 13.9 Å². The number of carbonyl (C=O) groups is 1. The fourth-order valence-corrected chi connectivity index (χ4v) is 4.87. The normalized spacial score (nSPS) is 18.8. The SMILES string of the molecule is Cc1ccc(CSCCNC(=O)[C@H]2CCCN(S(=O)(=O)N(C)C)C2)cc1. The van der Waals surface area contributed by atoms with Crippen molar-refractivity contribution in [1.29, 1.82) is 0 Å². The van der Waals surface area contributed by atoms with Crippen molar-refractivity contribution in [3.63, 3.8) is 0 Å². The number of nitrogens with one attached hydrogen (secondary N) is 1. The average Bonchev–Trinajstić information content (AvgIpc) is 2.62. The standard InChI is InChI=1S/C18H29N3O3S2/c1-15-6-8-16(9-7-15)14-25-12-10-19-18(22)17-5-4-11-21(13-17)26(23,24)20(2)3/h6-9,17H,4-5,10-14H2,1-3H3,(H,19,22)/t17-/m0/s1. The van der Waals surface area contributed by atoms with E-state index in [1.54, 1.807) is 11.8 Å². The molecule has 0 saturated carbocycles. The Kier molecular flexibility index (Phi) is 7.94. The van der Waals surface area contributed by atoms with Crippen LogP contribution in [0.3, 0.4) is 0 Å². The molecule has 1 aromatic carbocycles. The largest absolute Gasteiger partial charge is 0.355 e. The lowest BCUT2D eigenvalue weighted by molar-refractivity contribution is -0.125. The Morgan fingerprint density at radius 1 is 1.31 bits per heavy atom. The second-order valence-electron chi connectivity index (χ2n) is 6.82. The molecule has 0 spiro atoms. The van der Waals surface area contributed by atoms with Crippen molar-refractivity contribution < 1.29 is 13.2 Å². The monoisotopic (exact) mass is 399 g/mol. The fraction of sp³-hybridized carbons (Fsp3) is 0.611. The smallest absolute Gasteiger partial charge is 0.281 e. The molecule has 0 unspecified atom stereocenters. The molecule has 1 aliphatic rings. The van der Waals surface area contributed by atoms with Gasteiger partial charge in [0.1, 0.15) is 0 Å². The van der Waals surface area contributed by atoms with E-state index in [9.17, 15) is 13.2 Å². The number of thioether (sulfide) groups is 1. The van der Waals surface area contributed by atoms with Crippen LogP contribution in [0.2, 0.25) is 0 Å². The van der Waals surface area contributed by atoms with E-state index in [4.69, 9.17) is 0 Å². The van der Waals surface area contributed by atoms with Crippen molar-refractivity contribution in [2.45, 2.75) is 25.5 Å². The van der Waals surface area contributed by atoms with Crippen LogP contribution in [0.25, 0.3) is 0 Å². The van der Waals surface area contributed by atoms with Crippen LogP contribution >= 0.6 is 11.8 Å². The van der Waals surface area contributed by atoms with Gasteiger partial charge in [0.05, 0.1) is 5.92 Å². The van der Waals surface area contributed by atoms with Gasteiger partial charge in [-0.1, -0.05) is 29.8 Å². The molecule has 1 amide bonds. The molecule has 2 rings (SSSR count). The second kappa shape index (κ2) is 9.73. The summed E-state index contributed by atoms with van der Waals surface area (Å²) in [6, 6.07) is 8.47. The van der Waals surface area contributed by atoms with E-state index in [0.29, 0.717) is 19.5 Å². The fourth-order valence-electron chi connectivity index (χ4n) is 2.86. The van der Waals surface area contributed by atoms with Gasteiger partial charge in [0.25, 0.3) is 10.2 Å². The first-order valence-electron chi connectivity index (χ1n) is 8.89. The van der Waals surface area contributed by atoms with Gasteiger partial charge in [0.15, 0.2) is 0 Å². The number of hydrogen-bond donors (Lipinski definition) is 1. The highest BCUT2D eigenvalue weighted by atomic mass is 32.2. The van der Waals surface area contributed by atoms with Crippen LogP contribution in [-0.2, 0) is 20.8 Å². The number of nitrogens with zero attached hydrogens (tertiary/aromatic N) is 2. The minimum absolute atomic E-state index is 0.0420. The number of carbonyl (C=O) groups excluding carboxylic acids is 1. The quantitative estimate of drug-likeness (QED) is 0.678. The topological polar surface area (TPSA) is 69.7 Å². The van der Waals surface area contributed by atoms with Crippen molar-refractivity contribution in [3.05, 3.63) is 35.4 Å². The van der Waals surface area contributed by atoms with Gasteiger partial charge < -0.3 is 5.32 Å². The zero-order valence-corrected chi connectivity index (χ0v) is 17.4. The minimum atomic E-state index is -3.45. The molecule has 0 bridgehead atoms. The number of hydrogen-bond acceptors (Lipinski definition) is 4. The van der Waals surface area contributed by atoms with E-state index in [-0.39, 0.29) is 18.4 Å². The maximum Gasteiger partial charge on any atom is 0.281 e. The van der Waals surface area contributed by atoms with E-state index in [0.717, 1.165) is 17.9 Å². The first-order valence-corrected chi connectivity index (χ1v) is 11.4. The number of amides is 1. The summed E-state index contributed by atoms with van der Waals surface area (Å²) < 4.78 is 27.1. The van der Waals surface area contributed by atoms with E-state index in [1.807, 2.05) is 0 Å². The van der Waals surface area contributed by atoms with Gasteiger partial charge in [-0.25, -0.2) is 0 Å². The van der Waals surface area contributed by atoms with E-state index in [1.165, 1.54) is 33.8 Å². The van der Waals surface area contributed by atoms with Gasteiger partial charge in [-0.05, 0) is 25.3 Å². The predicted octanol–water partition coefficient (Wildman–Crippen LogP) is 1.86. The summed E-state index contributed by atoms with van der Waals surface area (Å²) in [4.78, 5) is 12.4. The van der Waals surface area contributed by atoms with Gasteiger partial charge in [0, 0.05) is 45.2 Å². The summed E-state index contributed by atoms with van der Waals surface area (Å²) in [6.07, 6.45) is 1.45. The molecule has 26 heavy (non-hydrogen) atoms. The zero-order chi connectivity index (χ0) is 19.2. The molecule has 1 aromatic rings. The number of piperidine rings is 1. The van der Waals surface area contributed by atoms with E-state index < -0.39 is 10.2 Å². The molecule has 0 radical (unpaired) electrons. The Morgan fingerprint density at radius 2 is 2.00 bits per heavy atom. The van der Waals surface area contributed by atoms with E-state index >= 15 is 0 Å². The van der Waals surface area contributed by atoms with Crippen molar-refractivity contribution in [2.24, 2.45) is 5.92 Å². The van der Waals surface area contributed by atoms with Gasteiger partial charge >= 0.3 is 0 Å². The second-order valence-corrected chi connectivity index (χ2v) is 10.1. The summed E-state index contributed by atoms with van der Waals surface area (Å²) in [7, 11) is -0.410. The highest BCUT2D eigenvalue weighted by molar-refractivity contribution is 7.98. The van der Waals surface area contributed by atoms with Crippen LogP contribution in [0.1, 0.15) is 24.0 Å². The van der Waals surface area contributed by atoms with Crippen LogP contribution in [0.4, 0.5) is 0 Å². The van der Waals surface area contributed by atoms with Crippen molar-refractivity contribution in [3.8, 4) is 0 Å². The Labute approximate surface area is 161 Å². The third-order valence-corrected chi connectivity index (χ3v) is 7.41. The Hall–Kier alpha value is -1.09. The maximum absolute atomic E-state index is 12.4. The summed E-state index contributed by atoms with van der Waals surface area (Å²) >= 11 is 1.78. The molecule has 1 heterocycles. The molecule has 8 heteroatoms. The number of rotatable bonds is 8. The molecular weight excluding hydrogens is 370 g/mol. The van der Waals surface area contributed by atoms with E-state index in [2.05, 4.69) is 36.5 Å². The highest BCUT2D eigenvalue weighted by Crippen LogP contribution is 2.20. The summed E-state index contributed by atoms with van der Waals surface area (Å²) in [5.74, 6) is 1.46. The Bertz CT molecular complexity index is 690. The Balaban J connectivity index is 1.71. The lowest BCUT2D eigenvalue weighted by atomic mass is 9.99. The first kappa shape index (κ1) is 21.2. The van der Waals surface area contributed by atoms with Crippen LogP contribution in [-0.4, -0.2) is 62.4 Å². The molecular formula is C18H29N3O3S2. The lowest BCUT2D eigenvalue weighted by Gasteiger charge is -2.32. The molecule has 1 N–H and O–H groups in total. The Morgan fingerprint density at radius 3 is 2.65 bits per heavy atom. The predicted molar refractivity (Wildman–Crippen MR) is 107 cm³/mol. The zero-order valence-electron chi connectivity index (χ0n) is 15.8. The molecule has 1 aliphatic heterocycles. The van der Waals surface area contributed by atoms with Crippen LogP contribution in [0, 0.1) is 12.8 Å². The van der Waals surface area contributed by atoms with Gasteiger partial charge in [-0.2, -0.15) is 28.8 Å². The van der Waals surface area contributed by atoms with Crippen LogP contribution in [0.5, 0.6) is 0 Å². The molecule has 0 aliphatic carbocycles. The molecule has 0 aromatic heterocycles. The van der Waals surface area contributed by atoms with Crippen molar-refractivity contribution >= 4 is 27.9 Å². The maximum atomic E-state index is 12.4. The van der Waals surface area contributed by atoms with Gasteiger partial charge in [-0.3, -0.25) is 4.79 Å². The lowest BCUT2D eigenvalue weighted by Crippen LogP contribution is -2.49. The number of benzene rings is 1. The minimum Gasteiger partial charge on any atom is -0.355 e. The van der Waals surface area contributed by atoms with Gasteiger partial charge in [-0.15, -0.1) is 0 Å². The molecule has 6 nitrogen and oxygen atoms in total. The summed E-state index contributed by atoms with van der Waals surface area (Å²) in [6.45, 7) is 3.43. The molecule has 1 saturated heterocycles. The van der Waals surface area contributed by atoms with Gasteiger partial charge in [0.2, 0.25) is 5.91 Å². The highest BCUT2D eigenvalue weighted by Gasteiger charge is 2.33. The van der Waals surface area contributed by atoms with Crippen LogP contribution < -0.4 is 5.32 Å². The summed E-state index contributed by atoms with van der Waals surface area (Å²) in [5, 5.41) is 2.95.